The molecule has 1 N–H and O–H groups in total. The predicted octanol–water partition coefficient (Wildman–Crippen LogP) is 5.17. The third-order valence-electron chi connectivity index (χ3n) is 5.40. The fraction of sp³-hybridized carbons (Fsp3) is 0.200. The van der Waals surface area contributed by atoms with E-state index < -0.39 is 29.6 Å². The molecule has 0 atom stereocenters. The maximum absolute atomic E-state index is 13.0. The summed E-state index contributed by atoms with van der Waals surface area (Å²) in [7, 11) is 1.22. The Balaban J connectivity index is 1.51. The smallest absolute Gasteiger partial charge is 0.339 e. The molecule has 3 aromatic rings. The Labute approximate surface area is 210 Å². The molecule has 4 rings (SSSR count). The van der Waals surface area contributed by atoms with Gasteiger partial charge in [0.15, 0.2) is 0 Å². The van der Waals surface area contributed by atoms with Gasteiger partial charge in [-0.3, -0.25) is 19.3 Å². The Morgan fingerprint density at radius 2 is 1.94 bits per heavy atom. The van der Waals surface area contributed by atoms with E-state index in [4.69, 9.17) is 11.6 Å². The molecule has 0 saturated carbocycles. The molecule has 0 aliphatic carbocycles. The molecular weight excluding hydrogens is 490 g/mol. The van der Waals surface area contributed by atoms with E-state index >= 15 is 0 Å². The number of hydrogen-bond donors (Lipinski definition) is 1. The summed E-state index contributed by atoms with van der Waals surface area (Å²) >= 11 is 6.80. The molecule has 1 saturated heterocycles. The molecule has 8 nitrogen and oxygen atoms in total. The van der Waals surface area contributed by atoms with E-state index in [0.29, 0.717) is 0 Å². The fourth-order valence-corrected chi connectivity index (χ4v) is 4.83. The summed E-state index contributed by atoms with van der Waals surface area (Å²) in [6.45, 7) is 2.46. The molecule has 10 heteroatoms. The topological polar surface area (TPSA) is 97.7 Å². The van der Waals surface area contributed by atoms with Crippen LogP contribution in [0.15, 0.2) is 53.6 Å². The molecule has 1 aliphatic rings. The van der Waals surface area contributed by atoms with Crippen LogP contribution in [0.2, 0.25) is 5.02 Å². The van der Waals surface area contributed by atoms with Gasteiger partial charge in [0.1, 0.15) is 6.54 Å². The van der Waals surface area contributed by atoms with Crippen LogP contribution in [0.4, 0.5) is 10.5 Å². The van der Waals surface area contributed by atoms with Crippen LogP contribution in [0.1, 0.15) is 29.3 Å². The molecule has 1 fully saturated rings. The van der Waals surface area contributed by atoms with Crippen molar-refractivity contribution >= 4 is 69.1 Å². The second kappa shape index (κ2) is 10.4. The molecule has 2 heterocycles. The van der Waals surface area contributed by atoms with Gasteiger partial charge in [0, 0.05) is 34.9 Å². The van der Waals surface area contributed by atoms with Gasteiger partial charge in [-0.2, -0.15) is 0 Å². The lowest BCUT2D eigenvalue weighted by Gasteiger charge is -2.13. The molecule has 35 heavy (non-hydrogen) atoms. The number of fused-ring (bicyclic) bond motifs is 1. The summed E-state index contributed by atoms with van der Waals surface area (Å²) in [5.74, 6) is -1.78. The first-order chi connectivity index (χ1) is 16.8. The number of hydrogen-bond acceptors (Lipinski definition) is 6. The highest BCUT2D eigenvalue weighted by molar-refractivity contribution is 8.18. The first-order valence-electron chi connectivity index (χ1n) is 10.8. The van der Waals surface area contributed by atoms with Crippen LogP contribution in [0.25, 0.3) is 17.0 Å². The van der Waals surface area contributed by atoms with Crippen LogP contribution in [-0.2, 0) is 20.9 Å². The van der Waals surface area contributed by atoms with Crippen LogP contribution in [-0.4, -0.2) is 46.1 Å². The number of amides is 3. The van der Waals surface area contributed by atoms with Gasteiger partial charge in [0.2, 0.25) is 5.91 Å². The number of aromatic nitrogens is 1. The highest BCUT2D eigenvalue weighted by atomic mass is 35.5. The number of nitrogens with one attached hydrogen (secondary N) is 1. The van der Waals surface area contributed by atoms with Crippen molar-refractivity contribution in [1.29, 1.82) is 0 Å². The van der Waals surface area contributed by atoms with Crippen LogP contribution >= 0.6 is 23.4 Å². The van der Waals surface area contributed by atoms with E-state index in [1.54, 1.807) is 6.08 Å². The molecule has 1 aliphatic heterocycles. The molecule has 180 valence electrons. The minimum atomic E-state index is -0.650. The number of carbonyl (C=O) groups is 4. The van der Waals surface area contributed by atoms with Gasteiger partial charge in [-0.15, -0.1) is 0 Å². The lowest BCUT2D eigenvalue weighted by molar-refractivity contribution is -0.127. The van der Waals surface area contributed by atoms with Crippen LogP contribution in [0.5, 0.6) is 0 Å². The molecule has 0 bridgehead atoms. The average Bonchev–Trinajstić information content (AvgIpc) is 3.32. The molecule has 3 amide bonds. The van der Waals surface area contributed by atoms with Crippen molar-refractivity contribution in [2.45, 2.75) is 19.9 Å². The van der Waals surface area contributed by atoms with Crippen molar-refractivity contribution in [3.63, 3.8) is 0 Å². The number of halogens is 1. The first kappa shape index (κ1) is 24.6. The number of nitrogens with zero attached hydrogens (tertiary/aromatic N) is 2. The number of methoxy groups -OCH3 is 1. The highest BCUT2D eigenvalue weighted by Gasteiger charge is 2.36. The number of aryl methyl sites for hydroxylation is 1. The minimum absolute atomic E-state index is 0.0864. The van der Waals surface area contributed by atoms with E-state index in [0.717, 1.165) is 46.1 Å². The van der Waals surface area contributed by atoms with E-state index in [-0.39, 0.29) is 21.2 Å². The summed E-state index contributed by atoms with van der Waals surface area (Å²) in [4.78, 5) is 51.0. The Morgan fingerprint density at radius 1 is 1.17 bits per heavy atom. The van der Waals surface area contributed by atoms with Crippen molar-refractivity contribution in [3.05, 3.63) is 69.7 Å². The lowest BCUT2D eigenvalue weighted by atomic mass is 10.1. The van der Waals surface area contributed by atoms with Gasteiger partial charge in [-0.05, 0) is 48.5 Å². The predicted molar refractivity (Wildman–Crippen MR) is 136 cm³/mol. The van der Waals surface area contributed by atoms with E-state index in [9.17, 15) is 19.2 Å². The lowest BCUT2D eigenvalue weighted by Crippen LogP contribution is -2.36. The Morgan fingerprint density at radius 3 is 2.69 bits per heavy atom. The second-order valence-corrected chi connectivity index (χ2v) is 9.20. The van der Waals surface area contributed by atoms with Crippen molar-refractivity contribution < 1.29 is 23.9 Å². The minimum Gasteiger partial charge on any atom is -0.465 e. The first-order valence-corrected chi connectivity index (χ1v) is 12.0. The van der Waals surface area contributed by atoms with Gasteiger partial charge in [-0.1, -0.05) is 36.7 Å². The number of benzene rings is 2. The zero-order valence-electron chi connectivity index (χ0n) is 19.0. The van der Waals surface area contributed by atoms with Crippen molar-refractivity contribution in [3.8, 4) is 0 Å². The zero-order valence-corrected chi connectivity index (χ0v) is 20.6. The van der Waals surface area contributed by atoms with Gasteiger partial charge in [0.05, 0.1) is 22.6 Å². The summed E-state index contributed by atoms with van der Waals surface area (Å²) in [5.41, 5.74) is 2.25. The molecular formula is C25H22ClN3O5S. The number of para-hydroxylation sites is 1. The number of esters is 1. The molecule has 0 unspecified atom stereocenters. The molecule has 1 aromatic heterocycles. The van der Waals surface area contributed by atoms with E-state index in [2.05, 4.69) is 21.5 Å². The van der Waals surface area contributed by atoms with Crippen LogP contribution < -0.4 is 5.32 Å². The quantitative estimate of drug-likeness (QED) is 0.347. The number of thioether (sulfide) groups is 1. The summed E-state index contributed by atoms with van der Waals surface area (Å²) in [6.07, 6.45) is 4.62. The maximum Gasteiger partial charge on any atom is 0.339 e. The molecule has 0 spiro atoms. The van der Waals surface area contributed by atoms with Gasteiger partial charge in [0.25, 0.3) is 11.1 Å². The highest BCUT2D eigenvalue weighted by Crippen LogP contribution is 2.34. The molecule has 2 aromatic carbocycles. The summed E-state index contributed by atoms with van der Waals surface area (Å²) < 4.78 is 6.79. The standard InChI is InChI=1S/C25H22ClN3O5S/c1-3-10-28-13-15(17-6-4-5-7-20(17)28)11-21-23(31)29(25(33)35-21)14-22(30)27-16-8-9-19(26)18(12-16)24(32)34-2/h4-9,11-13H,3,10,14H2,1-2H3,(H,27,30)/b21-11-. The van der Waals surface area contributed by atoms with Gasteiger partial charge < -0.3 is 14.6 Å². The Hall–Kier alpha value is -3.56. The van der Waals surface area contributed by atoms with Gasteiger partial charge >= 0.3 is 5.97 Å². The summed E-state index contributed by atoms with van der Waals surface area (Å²) in [5, 5.41) is 3.20. The fourth-order valence-electron chi connectivity index (χ4n) is 3.81. The van der Waals surface area contributed by atoms with Crippen molar-refractivity contribution in [2.24, 2.45) is 0 Å². The molecule has 0 radical (unpaired) electrons. The normalized spacial score (nSPS) is 14.7. The third-order valence-corrected chi connectivity index (χ3v) is 6.64. The number of carbonyl (C=O) groups excluding carboxylic acids is 4. The number of imide groups is 1. The van der Waals surface area contributed by atoms with E-state index in [1.165, 1.54) is 25.3 Å². The Kier molecular flexibility index (Phi) is 7.28. The van der Waals surface area contributed by atoms with Crippen LogP contribution in [0, 0.1) is 0 Å². The van der Waals surface area contributed by atoms with E-state index in [1.807, 2.05) is 30.5 Å². The monoisotopic (exact) mass is 511 g/mol. The second-order valence-electron chi connectivity index (χ2n) is 7.80. The van der Waals surface area contributed by atoms with Crippen molar-refractivity contribution in [2.75, 3.05) is 19.0 Å². The third kappa shape index (κ3) is 5.11. The maximum atomic E-state index is 13.0. The Bertz CT molecular complexity index is 1380. The number of ether oxygens (including phenoxy) is 1. The number of rotatable bonds is 7. The summed E-state index contributed by atoms with van der Waals surface area (Å²) in [6, 6.07) is 12.2. The van der Waals surface area contributed by atoms with Gasteiger partial charge in [-0.25, -0.2) is 4.79 Å². The number of anilines is 1. The largest absolute Gasteiger partial charge is 0.465 e. The SMILES string of the molecule is CCCn1cc(/C=C2\SC(=O)N(CC(=O)Nc3ccc(Cl)c(C(=O)OC)c3)C2=O)c2ccccc21. The van der Waals surface area contributed by atoms with Crippen LogP contribution in [0.3, 0.4) is 0 Å². The average molecular weight is 512 g/mol. The van der Waals surface area contributed by atoms with Crippen molar-refractivity contribution in [1.82, 2.24) is 9.47 Å². The zero-order chi connectivity index (χ0) is 25.1.